The highest BCUT2D eigenvalue weighted by Gasteiger charge is 2.33. The number of hydrogen-bond donors (Lipinski definition) is 1. The second kappa shape index (κ2) is 5.34. The predicted octanol–water partition coefficient (Wildman–Crippen LogP) is 5.34. The molecule has 0 aromatic heterocycles. The molecule has 2 nitrogen and oxygen atoms in total. The third-order valence-corrected chi connectivity index (χ3v) is 4.49. The van der Waals surface area contributed by atoms with E-state index in [2.05, 4.69) is 56.1 Å². The number of nitrogens with one attached hydrogen (secondary N) is 1. The summed E-state index contributed by atoms with van der Waals surface area (Å²) in [4.78, 5) is 0. The van der Waals surface area contributed by atoms with E-state index < -0.39 is 0 Å². The molecule has 0 amide bonds. The molecule has 0 unspecified atom stereocenters. The molecular formula is C16H13Br2NO. The minimum absolute atomic E-state index is 0.116. The second-order valence-corrected chi connectivity index (χ2v) is 6.52. The Balaban J connectivity index is 2.21. The molecule has 0 bridgehead atoms. The van der Waals surface area contributed by atoms with Gasteiger partial charge >= 0.3 is 0 Å². The molecule has 1 aliphatic carbocycles. The summed E-state index contributed by atoms with van der Waals surface area (Å²) in [5.41, 5.74) is 4.63. The highest BCUT2D eigenvalue weighted by Crippen LogP contribution is 2.47. The van der Waals surface area contributed by atoms with Gasteiger partial charge in [0.15, 0.2) is 5.90 Å². The van der Waals surface area contributed by atoms with Crippen LogP contribution in [0.3, 0.4) is 0 Å². The van der Waals surface area contributed by atoms with Gasteiger partial charge in [-0.25, -0.2) is 0 Å². The van der Waals surface area contributed by atoms with Crippen molar-refractivity contribution in [2.24, 2.45) is 0 Å². The van der Waals surface area contributed by atoms with Crippen molar-refractivity contribution in [1.82, 2.24) is 0 Å². The molecule has 20 heavy (non-hydrogen) atoms. The van der Waals surface area contributed by atoms with Gasteiger partial charge in [0.1, 0.15) is 0 Å². The largest absolute Gasteiger partial charge is 0.481 e. The SMILES string of the molecule is CCOC(=N)C1c2cc(Br)ccc2-c2ccc(Br)cc21. The zero-order valence-electron chi connectivity index (χ0n) is 10.9. The Morgan fingerprint density at radius 3 is 2.00 bits per heavy atom. The predicted molar refractivity (Wildman–Crippen MR) is 88.5 cm³/mol. The van der Waals surface area contributed by atoms with Crippen molar-refractivity contribution >= 4 is 37.8 Å². The number of hydrogen-bond acceptors (Lipinski definition) is 2. The lowest BCUT2D eigenvalue weighted by atomic mass is 9.97. The van der Waals surface area contributed by atoms with Gasteiger partial charge < -0.3 is 4.74 Å². The third-order valence-electron chi connectivity index (χ3n) is 3.50. The highest BCUT2D eigenvalue weighted by molar-refractivity contribution is 9.10. The van der Waals surface area contributed by atoms with Crippen molar-refractivity contribution in [2.75, 3.05) is 6.61 Å². The van der Waals surface area contributed by atoms with Gasteiger partial charge in [-0.3, -0.25) is 5.41 Å². The van der Waals surface area contributed by atoms with Gasteiger partial charge in [-0.15, -0.1) is 0 Å². The third kappa shape index (κ3) is 2.21. The molecule has 0 atom stereocenters. The lowest BCUT2D eigenvalue weighted by molar-refractivity contribution is 0.312. The first-order chi connectivity index (χ1) is 9.61. The molecule has 0 radical (unpaired) electrons. The van der Waals surface area contributed by atoms with Gasteiger partial charge in [0, 0.05) is 8.95 Å². The van der Waals surface area contributed by atoms with Crippen molar-refractivity contribution in [2.45, 2.75) is 12.8 Å². The zero-order valence-corrected chi connectivity index (χ0v) is 14.1. The van der Waals surface area contributed by atoms with E-state index in [-0.39, 0.29) is 5.92 Å². The van der Waals surface area contributed by atoms with Crippen LogP contribution >= 0.6 is 31.9 Å². The molecule has 0 saturated carbocycles. The van der Waals surface area contributed by atoms with Crippen LogP contribution in [0.5, 0.6) is 0 Å². The van der Waals surface area contributed by atoms with Crippen molar-refractivity contribution in [1.29, 1.82) is 5.41 Å². The number of ether oxygens (including phenoxy) is 1. The minimum atomic E-state index is -0.116. The summed E-state index contributed by atoms with van der Waals surface area (Å²) in [6.07, 6.45) is 0. The van der Waals surface area contributed by atoms with Crippen LogP contribution in [0.25, 0.3) is 11.1 Å². The van der Waals surface area contributed by atoms with E-state index in [0.29, 0.717) is 12.5 Å². The standard InChI is InChI=1S/C16H13Br2NO/c1-2-20-16(19)15-13-7-9(17)3-5-11(13)12-6-4-10(18)8-14(12)15/h3-8,15,19H,2H2,1H3. The molecule has 0 spiro atoms. The smallest absolute Gasteiger partial charge is 0.192 e. The molecular weight excluding hydrogens is 382 g/mol. The normalized spacial score (nSPS) is 12.9. The fraction of sp³-hybridized carbons (Fsp3) is 0.188. The molecule has 4 heteroatoms. The monoisotopic (exact) mass is 393 g/mol. The van der Waals surface area contributed by atoms with E-state index in [1.165, 1.54) is 11.1 Å². The first-order valence-electron chi connectivity index (χ1n) is 6.42. The summed E-state index contributed by atoms with van der Waals surface area (Å²) < 4.78 is 7.52. The van der Waals surface area contributed by atoms with E-state index in [4.69, 9.17) is 10.1 Å². The fourth-order valence-corrected chi connectivity index (χ4v) is 3.48. The quantitative estimate of drug-likeness (QED) is 0.541. The van der Waals surface area contributed by atoms with E-state index in [9.17, 15) is 0 Å². The first kappa shape index (κ1) is 13.8. The molecule has 0 aliphatic heterocycles. The summed E-state index contributed by atoms with van der Waals surface area (Å²) in [5, 5.41) is 8.24. The summed E-state index contributed by atoms with van der Waals surface area (Å²) in [6.45, 7) is 2.43. The van der Waals surface area contributed by atoms with Crippen molar-refractivity contribution in [3.63, 3.8) is 0 Å². The van der Waals surface area contributed by atoms with Gasteiger partial charge in [0.25, 0.3) is 0 Å². The molecule has 3 rings (SSSR count). The average molecular weight is 395 g/mol. The van der Waals surface area contributed by atoms with Crippen LogP contribution in [0.2, 0.25) is 0 Å². The van der Waals surface area contributed by atoms with E-state index in [1.54, 1.807) is 0 Å². The Kier molecular flexibility index (Phi) is 3.69. The maximum Gasteiger partial charge on any atom is 0.192 e. The average Bonchev–Trinajstić information content (AvgIpc) is 2.71. The summed E-state index contributed by atoms with van der Waals surface area (Å²) in [7, 11) is 0. The van der Waals surface area contributed by atoms with E-state index >= 15 is 0 Å². The van der Waals surface area contributed by atoms with Crippen molar-refractivity contribution in [3.05, 3.63) is 56.5 Å². The molecule has 0 fully saturated rings. The minimum Gasteiger partial charge on any atom is -0.481 e. The van der Waals surface area contributed by atoms with Crippen LogP contribution in [0, 0.1) is 5.41 Å². The molecule has 2 aromatic rings. The molecule has 102 valence electrons. The Morgan fingerprint density at radius 1 is 1.05 bits per heavy atom. The van der Waals surface area contributed by atoms with Crippen LogP contribution in [0.4, 0.5) is 0 Å². The number of rotatable bonds is 2. The highest BCUT2D eigenvalue weighted by atomic mass is 79.9. The molecule has 0 saturated heterocycles. The Bertz CT molecular complexity index is 645. The maximum absolute atomic E-state index is 8.24. The van der Waals surface area contributed by atoms with Gasteiger partial charge in [0.2, 0.25) is 0 Å². The van der Waals surface area contributed by atoms with Gasteiger partial charge in [0.05, 0.1) is 12.5 Å². The lowest BCUT2D eigenvalue weighted by Gasteiger charge is -2.15. The van der Waals surface area contributed by atoms with Crippen molar-refractivity contribution < 1.29 is 4.74 Å². The molecule has 0 heterocycles. The number of halogens is 2. The van der Waals surface area contributed by atoms with Crippen LogP contribution in [-0.4, -0.2) is 12.5 Å². The van der Waals surface area contributed by atoms with Crippen LogP contribution in [-0.2, 0) is 4.74 Å². The molecule has 1 aliphatic rings. The lowest BCUT2D eigenvalue weighted by Crippen LogP contribution is -2.14. The molecule has 2 aromatic carbocycles. The van der Waals surface area contributed by atoms with Crippen molar-refractivity contribution in [3.8, 4) is 11.1 Å². The maximum atomic E-state index is 8.24. The summed E-state index contributed by atoms with van der Waals surface area (Å²) >= 11 is 7.04. The Morgan fingerprint density at radius 2 is 1.55 bits per heavy atom. The topological polar surface area (TPSA) is 33.1 Å². The first-order valence-corrected chi connectivity index (χ1v) is 8.01. The number of fused-ring (bicyclic) bond motifs is 3. The second-order valence-electron chi connectivity index (χ2n) is 4.69. The molecule has 1 N–H and O–H groups in total. The Labute approximate surface area is 134 Å². The van der Waals surface area contributed by atoms with E-state index in [0.717, 1.165) is 20.1 Å². The van der Waals surface area contributed by atoms with Gasteiger partial charge in [-0.2, -0.15) is 0 Å². The zero-order chi connectivity index (χ0) is 14.3. The summed E-state index contributed by atoms with van der Waals surface area (Å²) in [6, 6.07) is 12.5. The van der Waals surface area contributed by atoms with Crippen LogP contribution in [0.1, 0.15) is 24.0 Å². The van der Waals surface area contributed by atoms with Crippen LogP contribution < -0.4 is 0 Å². The van der Waals surface area contributed by atoms with Gasteiger partial charge in [-0.05, 0) is 53.4 Å². The van der Waals surface area contributed by atoms with E-state index in [1.807, 2.05) is 19.1 Å². The fourth-order valence-electron chi connectivity index (χ4n) is 2.72. The van der Waals surface area contributed by atoms with Crippen LogP contribution in [0.15, 0.2) is 45.3 Å². The van der Waals surface area contributed by atoms with Gasteiger partial charge in [-0.1, -0.05) is 44.0 Å². The summed E-state index contributed by atoms with van der Waals surface area (Å²) in [5.74, 6) is 0.193. The Hall–Kier alpha value is -1.13. The number of benzene rings is 2.